The van der Waals surface area contributed by atoms with Crippen LogP contribution in [0.25, 0.3) is 0 Å². The van der Waals surface area contributed by atoms with Gasteiger partial charge >= 0.3 is 0 Å². The highest BCUT2D eigenvalue weighted by atomic mass is 15.3. The molecule has 17 heavy (non-hydrogen) atoms. The standard InChI is InChI=1S/C11H16N4.C2H6/c1-3-10-9-15(8-7-14(10)6-1)11-12-4-2-5-13-11;1-2/h2,4-5,10H,1,3,6-9H2;1-2H3. The third kappa shape index (κ3) is 2.75. The van der Waals surface area contributed by atoms with E-state index < -0.39 is 0 Å². The van der Waals surface area contributed by atoms with Gasteiger partial charge in [-0.05, 0) is 25.5 Å². The molecule has 94 valence electrons. The monoisotopic (exact) mass is 234 g/mol. The van der Waals surface area contributed by atoms with Crippen molar-refractivity contribution in [1.82, 2.24) is 14.9 Å². The van der Waals surface area contributed by atoms with Crippen molar-refractivity contribution in [2.24, 2.45) is 0 Å². The maximum Gasteiger partial charge on any atom is 0.225 e. The maximum absolute atomic E-state index is 4.31. The fraction of sp³-hybridized carbons (Fsp3) is 0.692. The SMILES string of the molecule is CC.c1cnc(N2CCN3CCCC3C2)nc1. The van der Waals surface area contributed by atoms with Crippen molar-refractivity contribution in [3.8, 4) is 0 Å². The zero-order valence-electron chi connectivity index (χ0n) is 10.8. The van der Waals surface area contributed by atoms with E-state index in [1.54, 1.807) is 0 Å². The smallest absolute Gasteiger partial charge is 0.225 e. The van der Waals surface area contributed by atoms with E-state index in [1.807, 2.05) is 32.3 Å². The van der Waals surface area contributed by atoms with E-state index in [0.29, 0.717) is 0 Å². The van der Waals surface area contributed by atoms with Crippen molar-refractivity contribution in [1.29, 1.82) is 0 Å². The molecule has 3 rings (SSSR count). The Bertz CT molecular complexity index is 327. The van der Waals surface area contributed by atoms with Gasteiger partial charge in [-0.3, -0.25) is 4.90 Å². The first kappa shape index (κ1) is 12.3. The van der Waals surface area contributed by atoms with Crippen LogP contribution in [0.1, 0.15) is 26.7 Å². The molecule has 0 N–H and O–H groups in total. The molecule has 4 heteroatoms. The van der Waals surface area contributed by atoms with Gasteiger partial charge in [-0.1, -0.05) is 13.8 Å². The highest BCUT2D eigenvalue weighted by Crippen LogP contribution is 2.23. The van der Waals surface area contributed by atoms with E-state index >= 15 is 0 Å². The molecule has 1 aromatic heterocycles. The molecule has 0 amide bonds. The topological polar surface area (TPSA) is 32.3 Å². The van der Waals surface area contributed by atoms with Crippen LogP contribution in [0.4, 0.5) is 5.95 Å². The van der Waals surface area contributed by atoms with Crippen LogP contribution in [-0.4, -0.2) is 47.1 Å². The predicted octanol–water partition coefficient (Wildman–Crippen LogP) is 1.79. The lowest BCUT2D eigenvalue weighted by molar-refractivity contribution is 0.229. The summed E-state index contributed by atoms with van der Waals surface area (Å²) >= 11 is 0. The number of nitrogens with zero attached hydrogens (tertiary/aromatic N) is 4. The number of aromatic nitrogens is 2. The van der Waals surface area contributed by atoms with Gasteiger partial charge in [0.15, 0.2) is 0 Å². The molecule has 2 fully saturated rings. The third-order valence-corrected chi connectivity index (χ3v) is 3.42. The first-order valence-electron chi connectivity index (χ1n) is 6.69. The van der Waals surface area contributed by atoms with Crippen molar-refractivity contribution in [2.45, 2.75) is 32.7 Å². The Morgan fingerprint density at radius 1 is 1.12 bits per heavy atom. The first-order valence-corrected chi connectivity index (χ1v) is 6.69. The lowest BCUT2D eigenvalue weighted by Gasteiger charge is -2.37. The van der Waals surface area contributed by atoms with Crippen LogP contribution in [0, 0.1) is 0 Å². The predicted molar refractivity (Wildman–Crippen MR) is 70.2 cm³/mol. The molecular formula is C13H22N4. The minimum absolute atomic E-state index is 0.738. The summed E-state index contributed by atoms with van der Waals surface area (Å²) in [5.41, 5.74) is 0. The Kier molecular flexibility index (Phi) is 4.31. The van der Waals surface area contributed by atoms with Gasteiger partial charge in [0, 0.05) is 38.1 Å². The van der Waals surface area contributed by atoms with E-state index in [0.717, 1.165) is 25.1 Å². The largest absolute Gasteiger partial charge is 0.338 e. The third-order valence-electron chi connectivity index (χ3n) is 3.42. The first-order chi connectivity index (χ1) is 8.43. The lowest BCUT2D eigenvalue weighted by Crippen LogP contribution is -2.50. The van der Waals surface area contributed by atoms with E-state index in [4.69, 9.17) is 0 Å². The molecule has 1 atom stereocenters. The molecule has 0 aromatic carbocycles. The second-order valence-electron chi connectivity index (χ2n) is 4.33. The molecular weight excluding hydrogens is 212 g/mol. The molecule has 0 spiro atoms. The van der Waals surface area contributed by atoms with Gasteiger partial charge in [-0.25, -0.2) is 9.97 Å². The number of anilines is 1. The van der Waals surface area contributed by atoms with Crippen LogP contribution in [0.3, 0.4) is 0 Å². The summed E-state index contributed by atoms with van der Waals surface area (Å²) in [4.78, 5) is 13.5. The number of piperazine rings is 1. The Hall–Kier alpha value is -1.16. The molecule has 2 saturated heterocycles. The number of hydrogen-bond donors (Lipinski definition) is 0. The van der Waals surface area contributed by atoms with E-state index in [1.165, 1.54) is 25.9 Å². The van der Waals surface area contributed by atoms with Gasteiger partial charge < -0.3 is 4.90 Å². The van der Waals surface area contributed by atoms with Gasteiger partial charge in [0.25, 0.3) is 0 Å². The molecule has 0 aliphatic carbocycles. The van der Waals surface area contributed by atoms with E-state index in [2.05, 4.69) is 19.8 Å². The van der Waals surface area contributed by atoms with Crippen LogP contribution < -0.4 is 4.90 Å². The average Bonchev–Trinajstić information content (AvgIpc) is 2.89. The molecule has 0 bridgehead atoms. The fourth-order valence-electron chi connectivity index (χ4n) is 2.63. The molecule has 1 aromatic rings. The molecule has 2 aliphatic heterocycles. The lowest BCUT2D eigenvalue weighted by atomic mass is 10.2. The normalized spacial score (nSPS) is 23.9. The van der Waals surface area contributed by atoms with Gasteiger partial charge in [0.1, 0.15) is 0 Å². The van der Waals surface area contributed by atoms with Gasteiger partial charge in [-0.2, -0.15) is 0 Å². The van der Waals surface area contributed by atoms with Crippen LogP contribution >= 0.6 is 0 Å². The number of hydrogen-bond acceptors (Lipinski definition) is 4. The van der Waals surface area contributed by atoms with Gasteiger partial charge in [0.05, 0.1) is 0 Å². The molecule has 0 radical (unpaired) electrons. The van der Waals surface area contributed by atoms with Gasteiger partial charge in [0.2, 0.25) is 5.95 Å². The van der Waals surface area contributed by atoms with Crippen LogP contribution in [-0.2, 0) is 0 Å². The minimum Gasteiger partial charge on any atom is -0.338 e. The molecule has 4 nitrogen and oxygen atoms in total. The number of fused-ring (bicyclic) bond motifs is 1. The Morgan fingerprint density at radius 2 is 1.88 bits per heavy atom. The fourth-order valence-corrected chi connectivity index (χ4v) is 2.63. The second-order valence-corrected chi connectivity index (χ2v) is 4.33. The quantitative estimate of drug-likeness (QED) is 0.741. The summed E-state index contributed by atoms with van der Waals surface area (Å²) in [5.74, 6) is 0.893. The van der Waals surface area contributed by atoms with Crippen molar-refractivity contribution in [2.75, 3.05) is 31.1 Å². The highest BCUT2D eigenvalue weighted by molar-refractivity contribution is 5.30. The van der Waals surface area contributed by atoms with Crippen molar-refractivity contribution >= 4 is 5.95 Å². The Morgan fingerprint density at radius 3 is 2.65 bits per heavy atom. The summed E-state index contributed by atoms with van der Waals surface area (Å²) in [7, 11) is 0. The Balaban J connectivity index is 0.000000514. The van der Waals surface area contributed by atoms with Crippen LogP contribution in [0.2, 0.25) is 0 Å². The zero-order valence-corrected chi connectivity index (χ0v) is 10.8. The second kappa shape index (κ2) is 5.96. The maximum atomic E-state index is 4.31. The minimum atomic E-state index is 0.738. The number of rotatable bonds is 1. The highest BCUT2D eigenvalue weighted by Gasteiger charge is 2.31. The van der Waals surface area contributed by atoms with Crippen molar-refractivity contribution < 1.29 is 0 Å². The van der Waals surface area contributed by atoms with Crippen LogP contribution in [0.15, 0.2) is 18.5 Å². The summed E-state index contributed by atoms with van der Waals surface area (Å²) in [6.07, 6.45) is 6.34. The zero-order chi connectivity index (χ0) is 12.1. The van der Waals surface area contributed by atoms with Crippen LogP contribution in [0.5, 0.6) is 0 Å². The average molecular weight is 234 g/mol. The van der Waals surface area contributed by atoms with E-state index in [-0.39, 0.29) is 0 Å². The Labute approximate surface area is 104 Å². The summed E-state index contributed by atoms with van der Waals surface area (Å²) in [6, 6.07) is 2.61. The molecule has 2 aliphatic rings. The molecule has 1 unspecified atom stereocenters. The summed E-state index contributed by atoms with van der Waals surface area (Å²) in [5, 5.41) is 0. The van der Waals surface area contributed by atoms with E-state index in [9.17, 15) is 0 Å². The summed E-state index contributed by atoms with van der Waals surface area (Å²) < 4.78 is 0. The van der Waals surface area contributed by atoms with Gasteiger partial charge in [-0.15, -0.1) is 0 Å². The van der Waals surface area contributed by atoms with Crippen molar-refractivity contribution in [3.63, 3.8) is 0 Å². The molecule has 0 saturated carbocycles. The van der Waals surface area contributed by atoms with Crippen molar-refractivity contribution in [3.05, 3.63) is 18.5 Å². The summed E-state index contributed by atoms with van der Waals surface area (Å²) in [6.45, 7) is 8.63. The molecule has 3 heterocycles.